The Morgan fingerprint density at radius 1 is 0.978 bits per heavy atom. The van der Waals surface area contributed by atoms with E-state index in [0.29, 0.717) is 38.5 Å². The van der Waals surface area contributed by atoms with Gasteiger partial charge >= 0.3 is 5.97 Å². The van der Waals surface area contributed by atoms with Gasteiger partial charge in [-0.1, -0.05) is 78.1 Å². The number of ether oxygens (including phenoxy) is 3. The third kappa shape index (κ3) is 6.33. The quantitative estimate of drug-likeness (QED) is 0.181. The number of hydrogen-bond acceptors (Lipinski definition) is 7. The fourth-order valence-corrected chi connectivity index (χ4v) is 6.51. The summed E-state index contributed by atoms with van der Waals surface area (Å²) in [6.07, 6.45) is 1.74. The summed E-state index contributed by atoms with van der Waals surface area (Å²) in [5.74, 6) is 0.831. The van der Waals surface area contributed by atoms with Crippen LogP contribution >= 0.6 is 11.3 Å². The summed E-state index contributed by atoms with van der Waals surface area (Å²) in [7, 11) is 0. The summed E-state index contributed by atoms with van der Waals surface area (Å²) >= 11 is 1.29. The van der Waals surface area contributed by atoms with E-state index in [0.717, 1.165) is 16.9 Å². The third-order valence-corrected chi connectivity index (χ3v) is 8.47. The first-order valence-corrected chi connectivity index (χ1v) is 15.8. The van der Waals surface area contributed by atoms with Gasteiger partial charge in [0, 0.05) is 5.56 Å². The molecule has 1 aliphatic rings. The van der Waals surface area contributed by atoms with Crippen LogP contribution in [-0.4, -0.2) is 23.2 Å². The number of nitrogens with zero attached hydrogens (tertiary/aromatic N) is 2. The first-order valence-electron chi connectivity index (χ1n) is 15.0. The van der Waals surface area contributed by atoms with Crippen LogP contribution in [0.5, 0.6) is 11.5 Å². The van der Waals surface area contributed by atoms with Gasteiger partial charge in [-0.05, 0) is 79.9 Å². The fraction of sp³-hybridized carbons (Fsp3) is 0.216. The van der Waals surface area contributed by atoms with Crippen LogP contribution in [0.1, 0.15) is 50.4 Å². The highest BCUT2D eigenvalue weighted by molar-refractivity contribution is 7.07. The van der Waals surface area contributed by atoms with E-state index in [2.05, 4.69) is 35.3 Å². The second-order valence-corrected chi connectivity index (χ2v) is 12.1. The van der Waals surface area contributed by atoms with E-state index in [4.69, 9.17) is 14.2 Å². The second-order valence-electron chi connectivity index (χ2n) is 11.0. The SMILES string of the molecule is CCOC(=O)C1=C(C)N=c2s/c(=C/c3ccc(OCc4ccc5ccccc5c4)cc3)c(=O)n2[C@H]1c1ccccc1OC(C)C. The summed E-state index contributed by atoms with van der Waals surface area (Å²) in [5, 5.41) is 2.38. The molecule has 1 aliphatic heterocycles. The van der Waals surface area contributed by atoms with Crippen molar-refractivity contribution in [3.05, 3.63) is 139 Å². The van der Waals surface area contributed by atoms with Crippen molar-refractivity contribution >= 4 is 34.2 Å². The highest BCUT2D eigenvalue weighted by Crippen LogP contribution is 2.36. The molecule has 1 aromatic heterocycles. The van der Waals surface area contributed by atoms with Crippen LogP contribution in [0.2, 0.25) is 0 Å². The number of aromatic nitrogens is 1. The minimum absolute atomic E-state index is 0.0994. The van der Waals surface area contributed by atoms with Crippen LogP contribution in [0.15, 0.2) is 112 Å². The van der Waals surface area contributed by atoms with E-state index >= 15 is 0 Å². The summed E-state index contributed by atoms with van der Waals surface area (Å²) < 4.78 is 19.7. The van der Waals surface area contributed by atoms with Gasteiger partial charge in [0.15, 0.2) is 4.80 Å². The molecular formula is C37H34N2O5S. The second kappa shape index (κ2) is 13.0. The lowest BCUT2D eigenvalue weighted by Gasteiger charge is -2.26. The molecule has 5 aromatic rings. The summed E-state index contributed by atoms with van der Waals surface area (Å²) in [6.45, 7) is 8.07. The van der Waals surface area contributed by atoms with Gasteiger partial charge in [0.2, 0.25) is 0 Å². The molecule has 0 N–H and O–H groups in total. The van der Waals surface area contributed by atoms with E-state index in [1.807, 2.05) is 80.6 Å². The number of carbonyl (C=O) groups excluding carboxylic acids is 1. The Bertz CT molecular complexity index is 2090. The van der Waals surface area contributed by atoms with Crippen molar-refractivity contribution in [1.82, 2.24) is 4.57 Å². The number of hydrogen-bond donors (Lipinski definition) is 0. The van der Waals surface area contributed by atoms with Crippen molar-refractivity contribution < 1.29 is 19.0 Å². The van der Waals surface area contributed by atoms with Crippen LogP contribution in [0, 0.1) is 0 Å². The monoisotopic (exact) mass is 618 g/mol. The zero-order valence-electron chi connectivity index (χ0n) is 25.7. The summed E-state index contributed by atoms with van der Waals surface area (Å²) in [4.78, 5) is 32.5. The zero-order valence-corrected chi connectivity index (χ0v) is 26.5. The molecule has 2 heterocycles. The molecule has 0 fully saturated rings. The number of rotatable bonds is 9. The third-order valence-electron chi connectivity index (χ3n) is 7.49. The number of esters is 1. The van der Waals surface area contributed by atoms with Crippen molar-refractivity contribution in [3.8, 4) is 11.5 Å². The van der Waals surface area contributed by atoms with Crippen molar-refractivity contribution in [1.29, 1.82) is 0 Å². The van der Waals surface area contributed by atoms with Gasteiger partial charge in [-0.3, -0.25) is 9.36 Å². The van der Waals surface area contributed by atoms with E-state index in [-0.39, 0.29) is 18.3 Å². The smallest absolute Gasteiger partial charge is 0.338 e. The average Bonchev–Trinajstić information content (AvgIpc) is 3.33. The number of carbonyl (C=O) groups is 1. The highest BCUT2D eigenvalue weighted by atomic mass is 32.1. The molecule has 0 saturated heterocycles. The molecule has 0 spiro atoms. The van der Waals surface area contributed by atoms with Crippen molar-refractivity contribution in [2.75, 3.05) is 6.61 Å². The van der Waals surface area contributed by atoms with Crippen molar-refractivity contribution in [2.24, 2.45) is 4.99 Å². The standard InChI is InChI=1S/C37H34N2O5S/c1-5-42-36(41)33-24(4)38-37-39(34(33)30-12-8-9-13-31(30)44-23(2)3)35(40)32(45-37)21-25-15-18-29(19-16-25)43-22-26-14-17-27-10-6-7-11-28(27)20-26/h6-21,23,34H,5,22H2,1-4H3/b32-21+/t34-/m0/s1. The predicted octanol–water partition coefficient (Wildman–Crippen LogP) is 6.32. The summed E-state index contributed by atoms with van der Waals surface area (Å²) in [6, 6.07) is 29.0. The molecule has 0 aliphatic carbocycles. The predicted molar refractivity (Wildman–Crippen MR) is 177 cm³/mol. The van der Waals surface area contributed by atoms with Gasteiger partial charge in [-0.2, -0.15) is 0 Å². The molecular weight excluding hydrogens is 584 g/mol. The number of fused-ring (bicyclic) bond motifs is 2. The summed E-state index contributed by atoms with van der Waals surface area (Å²) in [5.41, 5.74) is 3.23. The first kappa shape index (κ1) is 30.1. The molecule has 0 radical (unpaired) electrons. The highest BCUT2D eigenvalue weighted by Gasteiger charge is 2.35. The lowest BCUT2D eigenvalue weighted by atomic mass is 9.95. The zero-order chi connectivity index (χ0) is 31.5. The molecule has 0 saturated carbocycles. The molecule has 0 bridgehead atoms. The van der Waals surface area contributed by atoms with E-state index in [9.17, 15) is 9.59 Å². The Hall–Kier alpha value is -4.95. The normalized spacial score (nSPS) is 14.8. The fourth-order valence-electron chi connectivity index (χ4n) is 5.46. The Morgan fingerprint density at radius 3 is 2.47 bits per heavy atom. The average molecular weight is 619 g/mol. The number of thiazole rings is 1. The maximum absolute atomic E-state index is 14.0. The Balaban J connectivity index is 1.33. The molecule has 0 amide bonds. The molecule has 45 heavy (non-hydrogen) atoms. The van der Waals surface area contributed by atoms with Gasteiger partial charge < -0.3 is 14.2 Å². The van der Waals surface area contributed by atoms with Crippen LogP contribution in [0.25, 0.3) is 16.8 Å². The van der Waals surface area contributed by atoms with Gasteiger partial charge in [-0.25, -0.2) is 9.79 Å². The Kier molecular flexibility index (Phi) is 8.67. The molecule has 228 valence electrons. The molecule has 8 heteroatoms. The van der Waals surface area contributed by atoms with E-state index in [1.54, 1.807) is 18.4 Å². The van der Waals surface area contributed by atoms with Crippen LogP contribution in [-0.2, 0) is 16.1 Å². The Morgan fingerprint density at radius 2 is 1.71 bits per heavy atom. The molecule has 0 unspecified atom stereocenters. The maximum Gasteiger partial charge on any atom is 0.338 e. The number of allylic oxidation sites excluding steroid dienone is 1. The molecule has 7 nitrogen and oxygen atoms in total. The van der Waals surface area contributed by atoms with Gasteiger partial charge in [0.05, 0.1) is 28.5 Å². The minimum Gasteiger partial charge on any atom is -0.491 e. The van der Waals surface area contributed by atoms with Crippen LogP contribution in [0.3, 0.4) is 0 Å². The van der Waals surface area contributed by atoms with E-state index < -0.39 is 12.0 Å². The largest absolute Gasteiger partial charge is 0.491 e. The van der Waals surface area contributed by atoms with Crippen LogP contribution in [0.4, 0.5) is 0 Å². The molecule has 4 aromatic carbocycles. The van der Waals surface area contributed by atoms with Gasteiger partial charge in [0.1, 0.15) is 24.1 Å². The molecule has 6 rings (SSSR count). The first-order chi connectivity index (χ1) is 21.8. The maximum atomic E-state index is 14.0. The number of para-hydroxylation sites is 1. The minimum atomic E-state index is -0.747. The Labute approximate surface area is 265 Å². The van der Waals surface area contributed by atoms with Gasteiger partial charge in [0.25, 0.3) is 5.56 Å². The lowest BCUT2D eigenvalue weighted by molar-refractivity contribution is -0.139. The topological polar surface area (TPSA) is 79.1 Å². The van der Waals surface area contributed by atoms with Crippen molar-refractivity contribution in [2.45, 2.75) is 46.4 Å². The number of benzene rings is 4. The van der Waals surface area contributed by atoms with E-state index in [1.165, 1.54) is 22.1 Å². The van der Waals surface area contributed by atoms with Gasteiger partial charge in [-0.15, -0.1) is 0 Å². The molecule has 1 atom stereocenters. The van der Waals surface area contributed by atoms with Crippen molar-refractivity contribution in [3.63, 3.8) is 0 Å². The van der Waals surface area contributed by atoms with Crippen LogP contribution < -0.4 is 24.4 Å². The lowest BCUT2D eigenvalue weighted by Crippen LogP contribution is -2.40.